The Morgan fingerprint density at radius 1 is 0.962 bits per heavy atom. The highest BCUT2D eigenvalue weighted by Crippen LogP contribution is 2.39. The number of carbonyl (C=O) groups is 3. The number of nitro groups is 1. The highest BCUT2D eigenvalue weighted by Gasteiger charge is 2.41. The lowest BCUT2D eigenvalue weighted by Crippen LogP contribution is -2.50. The first-order valence-corrected chi connectivity index (χ1v) is 19.1. The fraction of sp³-hybridized carbons (Fsp3) is 0.447. The third-order valence-corrected chi connectivity index (χ3v) is 11.6. The first-order chi connectivity index (χ1) is 25.1. The van der Waals surface area contributed by atoms with Crippen LogP contribution in [-0.2, 0) is 21.2 Å². The van der Waals surface area contributed by atoms with E-state index in [1.807, 2.05) is 30.3 Å². The number of sulfonamides is 1. The van der Waals surface area contributed by atoms with Crippen molar-refractivity contribution in [2.45, 2.75) is 63.4 Å². The summed E-state index contributed by atoms with van der Waals surface area (Å²) >= 11 is 0. The minimum atomic E-state index is -4.38. The maximum absolute atomic E-state index is 14.6. The molecule has 1 saturated heterocycles. The van der Waals surface area contributed by atoms with E-state index in [1.54, 1.807) is 30.6 Å². The van der Waals surface area contributed by atoms with E-state index in [0.717, 1.165) is 15.9 Å². The van der Waals surface area contributed by atoms with E-state index in [9.17, 15) is 38.0 Å². The third-order valence-electron chi connectivity index (χ3n) is 9.65. The molecule has 0 unspecified atom stereocenters. The molecule has 53 heavy (non-hydrogen) atoms. The number of hydrogen-bond donors (Lipinski definition) is 1. The van der Waals surface area contributed by atoms with Gasteiger partial charge in [0, 0.05) is 45.3 Å². The van der Waals surface area contributed by atoms with Gasteiger partial charge >= 0.3 is 12.1 Å². The number of carboxylic acid groups (broad SMARTS) is 1. The number of para-hydroxylation sites is 1. The Morgan fingerprint density at radius 3 is 2.30 bits per heavy atom. The van der Waals surface area contributed by atoms with E-state index < -0.39 is 54.5 Å². The van der Waals surface area contributed by atoms with Crippen LogP contribution in [-0.4, -0.2) is 102 Å². The molecule has 1 N–H and O–H groups in total. The molecule has 2 aliphatic heterocycles. The van der Waals surface area contributed by atoms with Gasteiger partial charge in [-0.25, -0.2) is 18.0 Å². The molecule has 5 rings (SSSR count). The molecule has 1 fully saturated rings. The van der Waals surface area contributed by atoms with Crippen LogP contribution in [0.1, 0.15) is 72.7 Å². The van der Waals surface area contributed by atoms with E-state index in [2.05, 4.69) is 0 Å². The molecule has 0 atom stereocenters. The number of carboxylic acids is 1. The summed E-state index contributed by atoms with van der Waals surface area (Å²) in [5.41, 5.74) is -0.901. The van der Waals surface area contributed by atoms with Crippen molar-refractivity contribution in [2.75, 3.05) is 45.9 Å². The lowest BCUT2D eigenvalue weighted by molar-refractivity contribution is -0.387. The van der Waals surface area contributed by atoms with Crippen molar-refractivity contribution in [1.82, 2.24) is 14.1 Å². The van der Waals surface area contributed by atoms with E-state index in [1.165, 1.54) is 36.4 Å². The topological polar surface area (TPSA) is 177 Å². The smallest absolute Gasteiger partial charge is 0.410 e. The Kier molecular flexibility index (Phi) is 12.1. The van der Waals surface area contributed by atoms with Crippen LogP contribution in [0.15, 0.2) is 77.7 Å². The van der Waals surface area contributed by atoms with Crippen LogP contribution < -0.4 is 4.74 Å². The van der Waals surface area contributed by atoms with Gasteiger partial charge < -0.3 is 24.4 Å². The van der Waals surface area contributed by atoms with Gasteiger partial charge in [-0.2, -0.15) is 4.31 Å². The number of piperidine rings is 1. The van der Waals surface area contributed by atoms with Crippen molar-refractivity contribution in [2.24, 2.45) is 5.41 Å². The van der Waals surface area contributed by atoms with Crippen molar-refractivity contribution >= 4 is 33.7 Å². The second-order valence-corrected chi connectivity index (χ2v) is 16.4. The number of carbonyl (C=O) groups excluding carboxylic acids is 2. The first-order valence-electron chi connectivity index (χ1n) is 17.6. The summed E-state index contributed by atoms with van der Waals surface area (Å²) in [5, 5.41) is 21.7. The van der Waals surface area contributed by atoms with Gasteiger partial charge in [0.2, 0.25) is 10.0 Å². The second kappa shape index (κ2) is 16.3. The SMILES string of the molecule is CC(C)(C)OC(=O)N1CCC2(CCCN(S(=O)(=O)c3ccccc3[N+](=O)[O-])CCOc3ccc(C(=O)O)cc3C(=O)N(CCc3ccccc3)C2)CC1. The van der Waals surface area contributed by atoms with Gasteiger partial charge in [0.05, 0.1) is 16.1 Å². The number of aromatic carboxylic acids is 1. The third kappa shape index (κ3) is 9.70. The normalized spacial score (nSPS) is 17.5. The number of nitro benzene ring substituents is 1. The molecule has 0 aliphatic carbocycles. The van der Waals surface area contributed by atoms with Crippen molar-refractivity contribution in [1.29, 1.82) is 0 Å². The molecular weight excluding hydrogens is 705 g/mol. The van der Waals surface area contributed by atoms with Gasteiger partial charge in [-0.3, -0.25) is 14.9 Å². The lowest BCUT2D eigenvalue weighted by Gasteiger charge is -2.45. The molecule has 0 bridgehead atoms. The van der Waals surface area contributed by atoms with Crippen LogP contribution in [0.4, 0.5) is 10.5 Å². The fourth-order valence-corrected chi connectivity index (χ4v) is 8.49. The fourth-order valence-electron chi connectivity index (χ4n) is 6.87. The van der Waals surface area contributed by atoms with Crippen molar-refractivity contribution in [3.63, 3.8) is 0 Å². The minimum absolute atomic E-state index is 0.0119. The van der Waals surface area contributed by atoms with Crippen LogP contribution in [0, 0.1) is 15.5 Å². The monoisotopic (exact) mass is 750 g/mol. The van der Waals surface area contributed by atoms with Gasteiger partial charge in [0.15, 0.2) is 4.90 Å². The van der Waals surface area contributed by atoms with Gasteiger partial charge in [-0.1, -0.05) is 42.5 Å². The number of hydrogen-bond acceptors (Lipinski definition) is 9. The molecule has 0 radical (unpaired) electrons. The van der Waals surface area contributed by atoms with E-state index in [0.29, 0.717) is 51.7 Å². The number of rotatable bonds is 7. The number of likely N-dealkylation sites (tertiary alicyclic amines) is 1. The molecule has 0 saturated carbocycles. The number of nitrogens with zero attached hydrogens (tertiary/aromatic N) is 4. The Labute approximate surface area is 309 Å². The van der Waals surface area contributed by atoms with Gasteiger partial charge in [-0.15, -0.1) is 0 Å². The zero-order valence-corrected chi connectivity index (χ0v) is 31.0. The number of fused-ring (bicyclic) bond motifs is 1. The van der Waals surface area contributed by atoms with Crippen LogP contribution in [0.3, 0.4) is 0 Å². The maximum Gasteiger partial charge on any atom is 0.410 e. The van der Waals surface area contributed by atoms with E-state index >= 15 is 0 Å². The zero-order chi connectivity index (χ0) is 38.4. The maximum atomic E-state index is 14.6. The summed E-state index contributed by atoms with van der Waals surface area (Å²) < 4.78 is 41.0. The molecule has 2 heterocycles. The van der Waals surface area contributed by atoms with Crippen molar-refractivity contribution < 1.29 is 42.3 Å². The molecule has 2 amide bonds. The van der Waals surface area contributed by atoms with Crippen LogP contribution in [0.25, 0.3) is 0 Å². The van der Waals surface area contributed by atoms with E-state index in [4.69, 9.17) is 9.47 Å². The molecule has 3 aromatic carbocycles. The van der Waals surface area contributed by atoms with Gasteiger partial charge in [-0.05, 0) is 88.1 Å². The molecule has 284 valence electrons. The summed E-state index contributed by atoms with van der Waals surface area (Å²) in [6.07, 6.45) is 1.86. The largest absolute Gasteiger partial charge is 0.491 e. The van der Waals surface area contributed by atoms with Crippen molar-refractivity contribution in [3.8, 4) is 5.75 Å². The average Bonchev–Trinajstić information content (AvgIpc) is 3.13. The summed E-state index contributed by atoms with van der Waals surface area (Å²) in [6.45, 7) is 6.22. The summed E-state index contributed by atoms with van der Waals surface area (Å²) in [6, 6.07) is 18.8. The Balaban J connectivity index is 1.54. The molecule has 1 spiro atoms. The van der Waals surface area contributed by atoms with Crippen molar-refractivity contribution in [3.05, 3.63) is 99.6 Å². The average molecular weight is 751 g/mol. The summed E-state index contributed by atoms with van der Waals surface area (Å²) in [7, 11) is -4.38. The second-order valence-electron chi connectivity index (χ2n) is 14.5. The Bertz CT molecular complexity index is 1920. The van der Waals surface area contributed by atoms with Gasteiger partial charge in [0.25, 0.3) is 11.6 Å². The molecule has 0 aromatic heterocycles. The predicted molar refractivity (Wildman–Crippen MR) is 196 cm³/mol. The zero-order valence-electron chi connectivity index (χ0n) is 30.2. The Hall–Kier alpha value is -5.02. The number of amides is 2. The number of ether oxygens (including phenoxy) is 2. The minimum Gasteiger partial charge on any atom is -0.491 e. The van der Waals surface area contributed by atoms with Crippen LogP contribution in [0.2, 0.25) is 0 Å². The quantitative estimate of drug-likeness (QED) is 0.227. The summed E-state index contributed by atoms with van der Waals surface area (Å²) in [5.74, 6) is -1.58. The molecular formula is C38H46N4O10S. The Morgan fingerprint density at radius 2 is 1.64 bits per heavy atom. The highest BCUT2D eigenvalue weighted by molar-refractivity contribution is 7.89. The molecule has 3 aromatic rings. The lowest BCUT2D eigenvalue weighted by atomic mass is 9.74. The highest BCUT2D eigenvalue weighted by atomic mass is 32.2. The molecule has 2 aliphatic rings. The van der Waals surface area contributed by atoms with Crippen LogP contribution in [0.5, 0.6) is 5.75 Å². The van der Waals surface area contributed by atoms with Crippen LogP contribution >= 0.6 is 0 Å². The standard InChI is InChI=1S/C38H46N4O10S/c1-37(2,3)52-36(46)39-22-18-38(19-23-39)17-9-20-41(53(49,50)33-13-8-7-12-31(33)42(47)48)24-25-51-32-15-14-29(35(44)45)26-30(32)34(43)40(27-38)21-16-28-10-5-4-6-11-28/h4-8,10-15,26H,9,16-25,27H2,1-3H3,(H,44,45). The molecule has 14 nitrogen and oxygen atoms in total. The number of benzene rings is 3. The predicted octanol–water partition coefficient (Wildman–Crippen LogP) is 5.86. The van der Waals surface area contributed by atoms with E-state index in [-0.39, 0.29) is 43.1 Å². The first kappa shape index (κ1) is 39.2. The molecule has 15 heteroatoms. The summed E-state index contributed by atoms with van der Waals surface area (Å²) in [4.78, 5) is 53.7. The van der Waals surface area contributed by atoms with Gasteiger partial charge in [0.1, 0.15) is 18.0 Å².